The molecule has 0 amide bonds. The summed E-state index contributed by atoms with van der Waals surface area (Å²) in [6, 6.07) is 12.1. The molecule has 2 aromatic carbocycles. The lowest BCUT2D eigenvalue weighted by molar-refractivity contribution is 0.414. The van der Waals surface area contributed by atoms with E-state index in [1.165, 1.54) is 5.56 Å². The molecule has 0 unspecified atom stereocenters. The average molecular weight is 318 g/mol. The quantitative estimate of drug-likeness (QED) is 0.743. The normalized spacial score (nSPS) is 10.9. The Morgan fingerprint density at radius 1 is 1.11 bits per heavy atom. The lowest BCUT2D eigenvalue weighted by Crippen LogP contribution is -1.90. The van der Waals surface area contributed by atoms with Crippen LogP contribution in [0.3, 0.4) is 0 Å². The van der Waals surface area contributed by atoms with Crippen LogP contribution in [0.4, 0.5) is 5.69 Å². The van der Waals surface area contributed by atoms with Gasteiger partial charge in [0.25, 0.3) is 0 Å². The number of methoxy groups -OCH3 is 1. The fraction of sp³-hybridized carbons (Fsp3) is 0.188. The first-order chi connectivity index (χ1) is 9.10. The van der Waals surface area contributed by atoms with Gasteiger partial charge in [-0.15, -0.1) is 0 Å². The molecule has 0 fully saturated rings. The van der Waals surface area contributed by atoms with Crippen molar-refractivity contribution in [3.05, 3.63) is 57.6 Å². The molecule has 0 aliphatic heterocycles. The summed E-state index contributed by atoms with van der Waals surface area (Å²) in [5, 5.41) is 0. The van der Waals surface area contributed by atoms with Crippen molar-refractivity contribution >= 4 is 27.8 Å². The van der Waals surface area contributed by atoms with Gasteiger partial charge in [0.2, 0.25) is 0 Å². The smallest absolute Gasteiger partial charge is 0.127 e. The van der Waals surface area contributed by atoms with Gasteiger partial charge in [-0.2, -0.15) is 0 Å². The Kier molecular flexibility index (Phi) is 4.38. The second-order valence-electron chi connectivity index (χ2n) is 4.43. The van der Waals surface area contributed by atoms with Gasteiger partial charge in [0.05, 0.1) is 12.8 Å². The number of hydrogen-bond acceptors (Lipinski definition) is 2. The highest BCUT2D eigenvalue weighted by atomic mass is 79.9. The third kappa shape index (κ3) is 3.44. The van der Waals surface area contributed by atoms with Gasteiger partial charge in [0, 0.05) is 16.3 Å². The molecule has 0 aliphatic carbocycles. The van der Waals surface area contributed by atoms with Crippen molar-refractivity contribution in [3.63, 3.8) is 0 Å². The largest absolute Gasteiger partial charge is 0.496 e. The van der Waals surface area contributed by atoms with Crippen LogP contribution in [0.2, 0.25) is 0 Å². The van der Waals surface area contributed by atoms with Gasteiger partial charge >= 0.3 is 0 Å². The second kappa shape index (κ2) is 6.02. The number of benzene rings is 2. The van der Waals surface area contributed by atoms with Gasteiger partial charge in [-0.3, -0.25) is 4.99 Å². The van der Waals surface area contributed by atoms with E-state index in [4.69, 9.17) is 4.74 Å². The zero-order chi connectivity index (χ0) is 13.8. The third-order valence-electron chi connectivity index (χ3n) is 2.90. The van der Waals surface area contributed by atoms with E-state index in [9.17, 15) is 0 Å². The van der Waals surface area contributed by atoms with Crippen molar-refractivity contribution in [3.8, 4) is 5.75 Å². The minimum atomic E-state index is 0.817. The van der Waals surface area contributed by atoms with Crippen LogP contribution in [0.25, 0.3) is 0 Å². The molecule has 0 saturated carbocycles. The van der Waals surface area contributed by atoms with E-state index < -0.39 is 0 Å². The Hall–Kier alpha value is -1.61. The van der Waals surface area contributed by atoms with Gasteiger partial charge in [0.15, 0.2) is 0 Å². The van der Waals surface area contributed by atoms with E-state index in [0.29, 0.717) is 0 Å². The summed E-state index contributed by atoms with van der Waals surface area (Å²) in [5.74, 6) is 0.817. The third-order valence-corrected chi connectivity index (χ3v) is 3.39. The van der Waals surface area contributed by atoms with E-state index in [-0.39, 0.29) is 0 Å². The van der Waals surface area contributed by atoms with Crippen molar-refractivity contribution < 1.29 is 4.74 Å². The van der Waals surface area contributed by atoms with Gasteiger partial charge in [-0.25, -0.2) is 0 Å². The first kappa shape index (κ1) is 13.8. The predicted octanol–water partition coefficient (Wildman–Crippen LogP) is 4.83. The van der Waals surface area contributed by atoms with E-state index in [1.807, 2.05) is 24.4 Å². The molecule has 0 aromatic heterocycles. The molecule has 0 saturated heterocycles. The summed E-state index contributed by atoms with van der Waals surface area (Å²) in [7, 11) is 1.67. The molecule has 98 valence electrons. The van der Waals surface area contributed by atoms with Crippen LogP contribution in [0.1, 0.15) is 16.7 Å². The molecule has 0 N–H and O–H groups in total. The highest BCUT2D eigenvalue weighted by Gasteiger charge is 2.01. The molecule has 2 aromatic rings. The summed E-state index contributed by atoms with van der Waals surface area (Å²) in [4.78, 5) is 4.56. The molecule has 0 spiro atoms. The number of aliphatic imine (C=N–C) groups is 1. The van der Waals surface area contributed by atoms with E-state index in [1.54, 1.807) is 7.11 Å². The lowest BCUT2D eigenvalue weighted by Gasteiger charge is -2.05. The number of aryl methyl sites for hydroxylation is 2. The predicted molar refractivity (Wildman–Crippen MR) is 83.9 cm³/mol. The topological polar surface area (TPSA) is 21.6 Å². The monoisotopic (exact) mass is 317 g/mol. The summed E-state index contributed by atoms with van der Waals surface area (Å²) in [6.45, 7) is 4.13. The highest BCUT2D eigenvalue weighted by molar-refractivity contribution is 9.10. The van der Waals surface area contributed by atoms with Gasteiger partial charge in [-0.1, -0.05) is 28.1 Å². The van der Waals surface area contributed by atoms with E-state index >= 15 is 0 Å². The SMILES string of the molecule is COc1ccc(Br)cc1C=Nc1cc(C)ccc1C. The molecule has 3 heteroatoms. The van der Waals surface area contributed by atoms with Crippen molar-refractivity contribution in [1.29, 1.82) is 0 Å². The fourth-order valence-corrected chi connectivity index (χ4v) is 2.18. The Labute approximate surface area is 122 Å². The van der Waals surface area contributed by atoms with Crippen LogP contribution >= 0.6 is 15.9 Å². The highest BCUT2D eigenvalue weighted by Crippen LogP contribution is 2.24. The molecule has 0 radical (unpaired) electrons. The number of hydrogen-bond donors (Lipinski definition) is 0. The molecular formula is C16H16BrNO. The van der Waals surface area contributed by atoms with Crippen molar-refractivity contribution in [2.45, 2.75) is 13.8 Å². The van der Waals surface area contributed by atoms with Crippen molar-refractivity contribution in [1.82, 2.24) is 0 Å². The van der Waals surface area contributed by atoms with Crippen molar-refractivity contribution in [2.75, 3.05) is 7.11 Å². The molecule has 2 nitrogen and oxygen atoms in total. The maximum absolute atomic E-state index is 5.33. The first-order valence-electron chi connectivity index (χ1n) is 6.05. The van der Waals surface area contributed by atoms with Crippen LogP contribution in [-0.4, -0.2) is 13.3 Å². The van der Waals surface area contributed by atoms with E-state index in [0.717, 1.165) is 27.0 Å². The molecule has 0 bridgehead atoms. The van der Waals surface area contributed by atoms with Crippen LogP contribution < -0.4 is 4.74 Å². The lowest BCUT2D eigenvalue weighted by atomic mass is 10.1. The molecule has 2 rings (SSSR count). The number of halogens is 1. The maximum Gasteiger partial charge on any atom is 0.127 e. The summed E-state index contributed by atoms with van der Waals surface area (Å²) < 4.78 is 6.34. The summed E-state index contributed by atoms with van der Waals surface area (Å²) >= 11 is 3.46. The fourth-order valence-electron chi connectivity index (χ4n) is 1.80. The van der Waals surface area contributed by atoms with E-state index in [2.05, 4.69) is 53.0 Å². The van der Waals surface area contributed by atoms with Gasteiger partial charge in [-0.05, 0) is 49.2 Å². The summed E-state index contributed by atoms with van der Waals surface area (Å²) in [6.07, 6.45) is 1.84. The Morgan fingerprint density at radius 2 is 1.89 bits per heavy atom. The average Bonchev–Trinajstić information content (AvgIpc) is 2.40. The molecular weight excluding hydrogens is 302 g/mol. The number of nitrogens with zero attached hydrogens (tertiary/aromatic N) is 1. The molecule has 19 heavy (non-hydrogen) atoms. The zero-order valence-corrected chi connectivity index (χ0v) is 12.9. The van der Waals surface area contributed by atoms with Crippen LogP contribution in [0.15, 0.2) is 45.9 Å². The second-order valence-corrected chi connectivity index (χ2v) is 5.35. The minimum Gasteiger partial charge on any atom is -0.496 e. The summed E-state index contributed by atoms with van der Waals surface area (Å²) in [5.41, 5.74) is 4.31. The van der Waals surface area contributed by atoms with Gasteiger partial charge < -0.3 is 4.74 Å². The Morgan fingerprint density at radius 3 is 2.63 bits per heavy atom. The Balaban J connectivity index is 2.37. The minimum absolute atomic E-state index is 0.817. The van der Waals surface area contributed by atoms with Crippen molar-refractivity contribution in [2.24, 2.45) is 4.99 Å². The van der Waals surface area contributed by atoms with Crippen LogP contribution in [0, 0.1) is 13.8 Å². The van der Waals surface area contributed by atoms with Crippen LogP contribution in [-0.2, 0) is 0 Å². The number of ether oxygens (including phenoxy) is 1. The van der Waals surface area contributed by atoms with Crippen LogP contribution in [0.5, 0.6) is 5.75 Å². The Bertz CT molecular complexity index is 620. The molecule has 0 atom stereocenters. The zero-order valence-electron chi connectivity index (χ0n) is 11.3. The maximum atomic E-state index is 5.33. The number of rotatable bonds is 3. The first-order valence-corrected chi connectivity index (χ1v) is 6.84. The van der Waals surface area contributed by atoms with Gasteiger partial charge in [0.1, 0.15) is 5.75 Å². The standard InChI is InChI=1S/C16H16BrNO/c1-11-4-5-12(2)15(8-11)18-10-13-9-14(17)6-7-16(13)19-3/h4-10H,1-3H3. The molecule has 0 aliphatic rings. The molecule has 0 heterocycles.